The van der Waals surface area contributed by atoms with Crippen LogP contribution in [0.1, 0.15) is 52.9 Å². The number of aromatic nitrogens is 5. The Labute approximate surface area is 463 Å². The molecule has 5 aromatic heterocycles. The second kappa shape index (κ2) is 20.8. The van der Waals surface area contributed by atoms with Crippen molar-refractivity contribution in [2.75, 3.05) is 63.2 Å². The molecule has 4 atom stereocenters. The number of anilines is 2. The second-order valence-corrected chi connectivity index (χ2v) is 22.7. The molecule has 0 spiro atoms. The number of aryl methyl sites for hydroxylation is 3. The summed E-state index contributed by atoms with van der Waals surface area (Å²) in [5.41, 5.74) is 2.27. The fraction of sp³-hybridized carbons (Fsp3) is 0.306. The summed E-state index contributed by atoms with van der Waals surface area (Å²) in [5, 5.41) is 32.7. The molecule has 0 radical (unpaired) electrons. The van der Waals surface area contributed by atoms with Gasteiger partial charge in [0.05, 0.1) is 26.7 Å². The number of halogens is 4. The molecular formula is C62H56F4N10O3S. The first-order chi connectivity index (χ1) is 38.6. The normalized spacial score (nSPS) is 18.6. The van der Waals surface area contributed by atoms with E-state index in [1.54, 1.807) is 25.5 Å². The number of terminal acetylenes is 2. The van der Waals surface area contributed by atoms with Gasteiger partial charge in [-0.2, -0.15) is 4.98 Å². The number of piperazine rings is 2. The molecule has 406 valence electrons. The Morgan fingerprint density at radius 3 is 1.56 bits per heavy atom. The van der Waals surface area contributed by atoms with Crippen LogP contribution in [0.3, 0.4) is 0 Å². The summed E-state index contributed by atoms with van der Waals surface area (Å²) in [7, 11) is 3.91. The van der Waals surface area contributed by atoms with Gasteiger partial charge in [0.1, 0.15) is 52.8 Å². The summed E-state index contributed by atoms with van der Waals surface area (Å²) >= 11 is 1.51. The van der Waals surface area contributed by atoms with Crippen molar-refractivity contribution >= 4 is 66.1 Å². The maximum Gasteiger partial charge on any atom is 0.219 e. The molecule has 9 heterocycles. The third-order valence-electron chi connectivity index (χ3n) is 15.9. The topological polar surface area (TPSA) is 148 Å². The highest BCUT2D eigenvalue weighted by molar-refractivity contribution is 7.15. The molecule has 4 bridgehead atoms. The number of likely N-dealkylation sites (N-methyl/N-ethyl adjacent to an activating group) is 1. The summed E-state index contributed by atoms with van der Waals surface area (Å²) in [4.78, 5) is 30.8. The lowest BCUT2D eigenvalue weighted by Crippen LogP contribution is -2.51. The molecule has 80 heavy (non-hydrogen) atoms. The predicted molar refractivity (Wildman–Crippen MR) is 308 cm³/mol. The van der Waals surface area contributed by atoms with Crippen LogP contribution in [-0.2, 0) is 0 Å². The molecule has 4 aliphatic rings. The van der Waals surface area contributed by atoms with E-state index in [9.17, 15) is 19.0 Å². The van der Waals surface area contributed by atoms with Gasteiger partial charge in [-0.15, -0.1) is 24.2 Å². The zero-order chi connectivity index (χ0) is 55.8. The van der Waals surface area contributed by atoms with E-state index in [1.165, 1.54) is 59.9 Å². The smallest absolute Gasteiger partial charge is 0.219 e. The van der Waals surface area contributed by atoms with Gasteiger partial charge in [-0.25, -0.2) is 27.5 Å². The molecule has 18 heteroatoms. The second-order valence-electron chi connectivity index (χ2n) is 21.5. The average molecular weight is 1100 g/mol. The minimum absolute atomic E-state index is 0.00180. The van der Waals surface area contributed by atoms with Gasteiger partial charge in [-0.1, -0.05) is 24.0 Å². The lowest BCUT2D eigenvalue weighted by molar-refractivity contribution is 0.253. The first-order valence-electron chi connectivity index (χ1n) is 26.6. The van der Waals surface area contributed by atoms with Crippen molar-refractivity contribution in [3.8, 4) is 75.2 Å². The van der Waals surface area contributed by atoms with Crippen molar-refractivity contribution in [3.05, 3.63) is 118 Å². The summed E-state index contributed by atoms with van der Waals surface area (Å²) in [6.45, 7) is 9.68. The summed E-state index contributed by atoms with van der Waals surface area (Å²) in [5.74, 6) is 3.91. The van der Waals surface area contributed by atoms with Gasteiger partial charge < -0.3 is 40.3 Å². The first-order valence-corrected chi connectivity index (χ1v) is 27.4. The predicted octanol–water partition coefficient (Wildman–Crippen LogP) is 10.7. The van der Waals surface area contributed by atoms with Crippen molar-refractivity contribution in [3.63, 3.8) is 0 Å². The van der Waals surface area contributed by atoms with E-state index in [0.29, 0.717) is 115 Å². The van der Waals surface area contributed by atoms with Crippen LogP contribution >= 0.6 is 11.3 Å². The summed E-state index contributed by atoms with van der Waals surface area (Å²) in [6, 6.07) is 12.7. The van der Waals surface area contributed by atoms with Crippen LogP contribution < -0.4 is 25.2 Å². The highest BCUT2D eigenvalue weighted by Crippen LogP contribution is 2.45. The molecule has 9 aromatic rings. The van der Waals surface area contributed by atoms with Gasteiger partial charge in [0.25, 0.3) is 0 Å². The van der Waals surface area contributed by atoms with Crippen LogP contribution in [0.2, 0.25) is 0 Å². The Balaban J connectivity index is 0.000000159. The number of nitrogens with zero attached hydrogens (tertiary/aromatic N) is 8. The van der Waals surface area contributed by atoms with Crippen molar-refractivity contribution in [1.82, 2.24) is 40.5 Å². The Bertz CT molecular complexity index is 4080. The van der Waals surface area contributed by atoms with E-state index in [2.05, 4.69) is 47.2 Å². The minimum Gasteiger partial charge on any atom is -0.508 e. The van der Waals surface area contributed by atoms with E-state index in [-0.39, 0.29) is 45.1 Å². The summed E-state index contributed by atoms with van der Waals surface area (Å²) in [6.07, 6.45) is 20.7. The van der Waals surface area contributed by atoms with Crippen LogP contribution in [0.4, 0.5) is 29.2 Å². The van der Waals surface area contributed by atoms with Crippen molar-refractivity contribution in [1.29, 1.82) is 0 Å². The number of phenols is 2. The number of thiazole rings is 1. The Kier molecular flexibility index (Phi) is 13.7. The SMILES string of the molecule is C#Cc1c(F)ccc2cc(O)cc(-c3ncc4c(N5CC6CCC(C5)N6)nc(-c5cnc(C)s5)c(C)c4c3F)c12.C#Cc1c(F)ccc2cc(O)cc(-c3ncc4c(N5CC6CCC(C5)N6)nc(OCCN(C)C)c(C)c4c3F)c12. The standard InChI is InChI=1S/C31H31F2N5O2.C31H25F2N5OS/c1-5-22-25(32)9-6-18-12-21(39)13-23(27(18)22)29-28(33)26-17(2)31(40-11-10-37(3)4)36-30(24(26)14-34-29)38-15-19-7-8-20(16-38)35-19;1-4-21-24(32)8-5-17-9-20(39)10-22(27(17)21)30-28(33)26-15(2)29(25-12-34-16(3)40-25)37-31(23(26)11-35-30)38-13-18-6-7-19(14-38)36-18/h1,6,9,12-14,19-20,35,39H,7-8,10-11,15-16H2,2-4H3;1,5,8-12,18-19,36,39H,6-7,13-14H2,2-3H3. The molecule has 4 fully saturated rings. The molecule has 0 aliphatic carbocycles. The van der Waals surface area contributed by atoms with E-state index in [4.69, 9.17) is 27.6 Å². The van der Waals surface area contributed by atoms with E-state index >= 15 is 8.78 Å². The zero-order valence-corrected chi connectivity index (χ0v) is 45.5. The van der Waals surface area contributed by atoms with Gasteiger partial charge in [0.2, 0.25) is 5.88 Å². The zero-order valence-electron chi connectivity index (χ0n) is 44.7. The lowest BCUT2D eigenvalue weighted by atomic mass is 9.94. The largest absolute Gasteiger partial charge is 0.508 e. The number of hydrogen-bond donors (Lipinski definition) is 4. The molecule has 4 saturated heterocycles. The van der Waals surface area contributed by atoms with Crippen LogP contribution in [-0.4, -0.2) is 118 Å². The number of phenolic OH excluding ortho intramolecular Hbond substituents is 2. The highest BCUT2D eigenvalue weighted by Gasteiger charge is 2.36. The lowest BCUT2D eigenvalue weighted by Gasteiger charge is -2.34. The number of benzene rings is 4. The van der Waals surface area contributed by atoms with E-state index < -0.39 is 23.3 Å². The maximum atomic E-state index is 16.9. The third kappa shape index (κ3) is 9.29. The first kappa shape index (κ1) is 52.6. The summed E-state index contributed by atoms with van der Waals surface area (Å²) < 4.78 is 69.2. The number of aromatic hydroxyl groups is 2. The number of ether oxygens (including phenoxy) is 1. The molecule has 0 saturated carbocycles. The van der Waals surface area contributed by atoms with Crippen LogP contribution in [0.15, 0.2) is 67.1 Å². The van der Waals surface area contributed by atoms with Crippen LogP contribution in [0.5, 0.6) is 17.4 Å². The quantitative estimate of drug-likeness (QED) is 0.0804. The number of pyridine rings is 4. The molecule has 0 amide bonds. The monoisotopic (exact) mass is 1100 g/mol. The molecule has 4 aromatic carbocycles. The van der Waals surface area contributed by atoms with E-state index in [0.717, 1.165) is 61.7 Å². The van der Waals surface area contributed by atoms with Crippen LogP contribution in [0, 0.1) is 68.7 Å². The van der Waals surface area contributed by atoms with E-state index in [1.807, 2.05) is 32.8 Å². The molecule has 4 aliphatic heterocycles. The molecule has 4 unspecified atom stereocenters. The van der Waals surface area contributed by atoms with Crippen LogP contribution in [0.25, 0.3) is 76.2 Å². The average Bonchev–Trinajstić information content (AvgIpc) is 4.26. The molecule has 13 rings (SSSR count). The Morgan fingerprint density at radius 1 is 0.637 bits per heavy atom. The van der Waals surface area contributed by atoms with Crippen molar-refractivity contribution in [2.45, 2.75) is 70.6 Å². The van der Waals surface area contributed by atoms with Gasteiger partial charge in [0.15, 0.2) is 11.6 Å². The third-order valence-corrected chi connectivity index (χ3v) is 16.9. The van der Waals surface area contributed by atoms with Crippen molar-refractivity contribution < 1.29 is 32.5 Å². The number of hydrogen-bond acceptors (Lipinski definition) is 14. The fourth-order valence-corrected chi connectivity index (χ4v) is 13.1. The van der Waals surface area contributed by atoms with Gasteiger partial charge in [0, 0.05) is 124 Å². The number of fused-ring (bicyclic) bond motifs is 8. The maximum absolute atomic E-state index is 16.9. The van der Waals surface area contributed by atoms with Gasteiger partial charge in [-0.3, -0.25) is 9.97 Å². The molecule has 4 N–H and O–H groups in total. The molecule has 13 nitrogen and oxygen atoms in total. The Hall–Kier alpha value is -8.13. The number of rotatable bonds is 9. The number of nitrogens with one attached hydrogen (secondary N) is 2. The minimum atomic E-state index is -0.603. The fourth-order valence-electron chi connectivity index (χ4n) is 12.2. The molecular weight excluding hydrogens is 1040 g/mol. The van der Waals surface area contributed by atoms with Crippen molar-refractivity contribution in [2.24, 2.45) is 0 Å². The highest BCUT2D eigenvalue weighted by atomic mass is 32.1. The van der Waals surface area contributed by atoms with Gasteiger partial charge >= 0.3 is 0 Å². The van der Waals surface area contributed by atoms with Gasteiger partial charge in [-0.05, 0) is 113 Å². The Morgan fingerprint density at radius 2 is 1.11 bits per heavy atom.